The Balaban J connectivity index is 1.75. The number of aryl methyl sites for hydroxylation is 1. The lowest BCUT2D eigenvalue weighted by Crippen LogP contribution is -2.53. The predicted octanol–water partition coefficient (Wildman–Crippen LogP) is 0.557. The maximum absolute atomic E-state index is 11.9. The van der Waals surface area contributed by atoms with Crippen molar-refractivity contribution in [2.45, 2.75) is 19.4 Å². The lowest BCUT2D eigenvalue weighted by Gasteiger charge is -2.30. The average molecular weight is 261 g/mol. The van der Waals surface area contributed by atoms with Crippen molar-refractivity contribution < 1.29 is 4.79 Å². The van der Waals surface area contributed by atoms with Gasteiger partial charge in [0.25, 0.3) is 0 Å². The summed E-state index contributed by atoms with van der Waals surface area (Å²) in [5.41, 5.74) is 2.27. The molecule has 1 aromatic rings. The zero-order valence-corrected chi connectivity index (χ0v) is 11.8. The summed E-state index contributed by atoms with van der Waals surface area (Å²) in [6.45, 7) is 5.81. The molecule has 19 heavy (non-hydrogen) atoms. The average Bonchev–Trinajstić information content (AvgIpc) is 2.36. The molecular weight excluding hydrogens is 238 g/mol. The molecule has 0 spiro atoms. The second kappa shape index (κ2) is 6.68. The number of nitrogens with zero attached hydrogens (tertiary/aromatic N) is 1. The lowest BCUT2D eigenvalue weighted by molar-refractivity contribution is -0.120. The van der Waals surface area contributed by atoms with Gasteiger partial charge >= 0.3 is 0 Å². The molecular formula is C15H23N3O. The standard InChI is InChI=1S/C15H23N3O/c1-12-4-3-5-13(8-12)9-15(19)17-10-14-11-18(2)7-6-16-14/h3-5,8,14,16H,6-7,9-11H2,1-2H3,(H,17,19). The van der Waals surface area contributed by atoms with Gasteiger partial charge in [0.2, 0.25) is 5.91 Å². The minimum atomic E-state index is 0.0978. The summed E-state index contributed by atoms with van der Waals surface area (Å²) in [4.78, 5) is 14.2. The Kier molecular flexibility index (Phi) is 4.93. The van der Waals surface area contributed by atoms with Crippen LogP contribution in [-0.2, 0) is 11.2 Å². The first-order valence-corrected chi connectivity index (χ1v) is 6.87. The van der Waals surface area contributed by atoms with Gasteiger partial charge in [-0.15, -0.1) is 0 Å². The molecule has 0 saturated carbocycles. The quantitative estimate of drug-likeness (QED) is 0.832. The number of likely N-dealkylation sites (N-methyl/N-ethyl adjacent to an activating group) is 1. The van der Waals surface area contributed by atoms with Crippen molar-refractivity contribution in [1.29, 1.82) is 0 Å². The van der Waals surface area contributed by atoms with Crippen LogP contribution in [0.4, 0.5) is 0 Å². The molecule has 1 fully saturated rings. The van der Waals surface area contributed by atoms with E-state index in [1.165, 1.54) is 5.56 Å². The molecule has 1 heterocycles. The van der Waals surface area contributed by atoms with Crippen molar-refractivity contribution in [2.75, 3.05) is 33.2 Å². The van der Waals surface area contributed by atoms with Crippen molar-refractivity contribution in [3.8, 4) is 0 Å². The fourth-order valence-corrected chi connectivity index (χ4v) is 2.44. The van der Waals surface area contributed by atoms with Crippen molar-refractivity contribution in [3.05, 3.63) is 35.4 Å². The normalized spacial score (nSPS) is 20.2. The van der Waals surface area contributed by atoms with Crippen molar-refractivity contribution in [3.63, 3.8) is 0 Å². The molecule has 4 nitrogen and oxygen atoms in total. The van der Waals surface area contributed by atoms with E-state index in [9.17, 15) is 4.79 Å². The predicted molar refractivity (Wildman–Crippen MR) is 77.2 cm³/mol. The number of hydrogen-bond donors (Lipinski definition) is 2. The molecule has 1 aliphatic heterocycles. The molecule has 1 unspecified atom stereocenters. The Morgan fingerprint density at radius 2 is 2.37 bits per heavy atom. The minimum absolute atomic E-state index is 0.0978. The van der Waals surface area contributed by atoms with Crippen LogP contribution in [0.25, 0.3) is 0 Å². The highest BCUT2D eigenvalue weighted by molar-refractivity contribution is 5.78. The van der Waals surface area contributed by atoms with Crippen LogP contribution in [-0.4, -0.2) is 50.1 Å². The van der Waals surface area contributed by atoms with Crippen molar-refractivity contribution >= 4 is 5.91 Å². The third kappa shape index (κ3) is 4.65. The van der Waals surface area contributed by atoms with E-state index in [4.69, 9.17) is 0 Å². The van der Waals surface area contributed by atoms with E-state index in [1.54, 1.807) is 0 Å². The number of carbonyl (C=O) groups excluding carboxylic acids is 1. The van der Waals surface area contributed by atoms with Crippen LogP contribution in [0.2, 0.25) is 0 Å². The summed E-state index contributed by atoms with van der Waals surface area (Å²) in [5, 5.41) is 6.43. The first-order valence-electron chi connectivity index (χ1n) is 6.87. The fourth-order valence-electron chi connectivity index (χ4n) is 2.44. The van der Waals surface area contributed by atoms with Gasteiger partial charge in [0.15, 0.2) is 0 Å². The second-order valence-corrected chi connectivity index (χ2v) is 5.38. The fraction of sp³-hybridized carbons (Fsp3) is 0.533. The van der Waals surface area contributed by atoms with Crippen LogP contribution in [0.5, 0.6) is 0 Å². The number of piperazine rings is 1. The molecule has 0 aromatic heterocycles. The number of benzene rings is 1. The van der Waals surface area contributed by atoms with Gasteiger partial charge in [-0.25, -0.2) is 0 Å². The highest BCUT2D eigenvalue weighted by atomic mass is 16.1. The van der Waals surface area contributed by atoms with Crippen LogP contribution in [0.3, 0.4) is 0 Å². The van der Waals surface area contributed by atoms with E-state index in [0.29, 0.717) is 19.0 Å². The third-order valence-electron chi connectivity index (χ3n) is 3.45. The van der Waals surface area contributed by atoms with E-state index >= 15 is 0 Å². The van der Waals surface area contributed by atoms with Crippen LogP contribution in [0, 0.1) is 6.92 Å². The van der Waals surface area contributed by atoms with E-state index in [-0.39, 0.29) is 5.91 Å². The Bertz CT molecular complexity index is 433. The first kappa shape index (κ1) is 14.0. The Morgan fingerprint density at radius 1 is 1.53 bits per heavy atom. The van der Waals surface area contributed by atoms with Gasteiger partial charge in [0, 0.05) is 32.2 Å². The van der Waals surface area contributed by atoms with Gasteiger partial charge in [-0.05, 0) is 19.5 Å². The molecule has 2 N–H and O–H groups in total. The summed E-state index contributed by atoms with van der Waals surface area (Å²) >= 11 is 0. The van der Waals surface area contributed by atoms with Gasteiger partial charge in [-0.1, -0.05) is 29.8 Å². The number of hydrogen-bond acceptors (Lipinski definition) is 3. The van der Waals surface area contributed by atoms with E-state index in [0.717, 1.165) is 25.2 Å². The first-order chi connectivity index (χ1) is 9.13. The van der Waals surface area contributed by atoms with Crippen molar-refractivity contribution in [2.24, 2.45) is 0 Å². The maximum atomic E-state index is 11.9. The van der Waals surface area contributed by atoms with E-state index in [2.05, 4.69) is 28.6 Å². The molecule has 1 aliphatic rings. The van der Waals surface area contributed by atoms with Crippen molar-refractivity contribution in [1.82, 2.24) is 15.5 Å². The molecule has 1 saturated heterocycles. The molecule has 104 valence electrons. The molecule has 1 amide bonds. The second-order valence-electron chi connectivity index (χ2n) is 5.38. The summed E-state index contributed by atoms with van der Waals surface area (Å²) in [5.74, 6) is 0.0978. The maximum Gasteiger partial charge on any atom is 0.224 e. The van der Waals surface area contributed by atoms with Gasteiger partial charge < -0.3 is 15.5 Å². The Hall–Kier alpha value is -1.39. The third-order valence-corrected chi connectivity index (χ3v) is 3.45. The molecule has 0 aliphatic carbocycles. The number of rotatable bonds is 4. The van der Waals surface area contributed by atoms with Crippen LogP contribution in [0.1, 0.15) is 11.1 Å². The van der Waals surface area contributed by atoms with E-state index in [1.807, 2.05) is 25.1 Å². The molecule has 4 heteroatoms. The monoisotopic (exact) mass is 261 g/mol. The molecule has 0 radical (unpaired) electrons. The largest absolute Gasteiger partial charge is 0.354 e. The summed E-state index contributed by atoms with van der Waals surface area (Å²) in [6.07, 6.45) is 0.463. The molecule has 1 atom stereocenters. The smallest absolute Gasteiger partial charge is 0.224 e. The highest BCUT2D eigenvalue weighted by Crippen LogP contribution is 2.04. The molecule has 0 bridgehead atoms. The number of carbonyl (C=O) groups is 1. The molecule has 2 rings (SSSR count). The van der Waals surface area contributed by atoms with E-state index < -0.39 is 0 Å². The van der Waals surface area contributed by atoms with Gasteiger partial charge in [0.1, 0.15) is 0 Å². The zero-order chi connectivity index (χ0) is 13.7. The summed E-state index contributed by atoms with van der Waals surface area (Å²) < 4.78 is 0. The van der Waals surface area contributed by atoms with Gasteiger partial charge in [-0.3, -0.25) is 4.79 Å². The summed E-state index contributed by atoms with van der Waals surface area (Å²) in [6, 6.07) is 8.46. The molecule has 1 aromatic carbocycles. The lowest BCUT2D eigenvalue weighted by atomic mass is 10.1. The van der Waals surface area contributed by atoms with Gasteiger partial charge in [0.05, 0.1) is 6.42 Å². The zero-order valence-electron chi connectivity index (χ0n) is 11.8. The number of amides is 1. The van der Waals surface area contributed by atoms with Gasteiger partial charge in [-0.2, -0.15) is 0 Å². The summed E-state index contributed by atoms with van der Waals surface area (Å²) in [7, 11) is 2.11. The Morgan fingerprint density at radius 3 is 3.11 bits per heavy atom. The Labute approximate surface area is 115 Å². The van der Waals surface area contributed by atoms with Crippen LogP contribution in [0.15, 0.2) is 24.3 Å². The number of nitrogens with one attached hydrogen (secondary N) is 2. The van der Waals surface area contributed by atoms with Crippen LogP contribution < -0.4 is 10.6 Å². The van der Waals surface area contributed by atoms with Crippen LogP contribution >= 0.6 is 0 Å². The topological polar surface area (TPSA) is 44.4 Å². The highest BCUT2D eigenvalue weighted by Gasteiger charge is 2.16. The SMILES string of the molecule is Cc1cccc(CC(=O)NCC2CN(C)CCN2)c1. The minimum Gasteiger partial charge on any atom is -0.354 e.